The summed E-state index contributed by atoms with van der Waals surface area (Å²) in [5, 5.41) is 2.87. The molecule has 1 aromatic rings. The van der Waals surface area contributed by atoms with Gasteiger partial charge in [0.1, 0.15) is 5.75 Å². The molecule has 0 aliphatic carbocycles. The molecule has 0 bridgehead atoms. The third-order valence-electron chi connectivity index (χ3n) is 2.13. The molecule has 0 heterocycles. The topological polar surface area (TPSA) is 38.3 Å². The zero-order chi connectivity index (χ0) is 13.0. The van der Waals surface area contributed by atoms with Crippen molar-refractivity contribution in [2.75, 3.05) is 13.7 Å². The van der Waals surface area contributed by atoms with Gasteiger partial charge in [0.2, 0.25) is 0 Å². The van der Waals surface area contributed by atoms with Crippen molar-refractivity contribution in [2.45, 2.75) is 13.8 Å². The molecular weight excluding hydrogens is 350 g/mol. The van der Waals surface area contributed by atoms with Gasteiger partial charge >= 0.3 is 0 Å². The van der Waals surface area contributed by atoms with E-state index in [9.17, 15) is 4.79 Å². The monoisotopic (exact) mass is 363 g/mol. The van der Waals surface area contributed by atoms with Crippen molar-refractivity contribution >= 4 is 37.8 Å². The van der Waals surface area contributed by atoms with Crippen LogP contribution in [0.1, 0.15) is 24.2 Å². The number of hydrogen-bond donors (Lipinski definition) is 1. The van der Waals surface area contributed by atoms with Crippen LogP contribution in [0.15, 0.2) is 21.1 Å². The number of benzene rings is 1. The van der Waals surface area contributed by atoms with Gasteiger partial charge in [-0.2, -0.15) is 0 Å². The van der Waals surface area contributed by atoms with Crippen molar-refractivity contribution in [3.8, 4) is 5.75 Å². The van der Waals surface area contributed by atoms with Gasteiger partial charge in [-0.15, -0.1) is 0 Å². The Morgan fingerprint density at radius 1 is 1.41 bits per heavy atom. The summed E-state index contributed by atoms with van der Waals surface area (Å²) in [5.41, 5.74) is 0.523. The van der Waals surface area contributed by atoms with E-state index in [1.165, 1.54) is 0 Å². The van der Waals surface area contributed by atoms with Crippen LogP contribution in [-0.4, -0.2) is 19.6 Å². The number of methoxy groups -OCH3 is 1. The molecule has 1 aromatic carbocycles. The molecule has 0 radical (unpaired) electrons. The summed E-state index contributed by atoms with van der Waals surface area (Å²) in [6.07, 6.45) is 0. The molecule has 0 aromatic heterocycles. The fraction of sp³-hybridized carbons (Fsp3) is 0.417. The zero-order valence-electron chi connectivity index (χ0n) is 10.0. The zero-order valence-corrected chi connectivity index (χ0v) is 13.2. The maximum atomic E-state index is 12.0. The molecule has 17 heavy (non-hydrogen) atoms. The van der Waals surface area contributed by atoms with Crippen molar-refractivity contribution in [3.63, 3.8) is 0 Å². The van der Waals surface area contributed by atoms with Gasteiger partial charge in [0, 0.05) is 11.0 Å². The standard InChI is InChI=1S/C12H15Br2NO2/c1-7(2)6-15-12(16)9-4-8(13)5-10(14)11(9)17-3/h4-5,7H,6H2,1-3H3,(H,15,16). The molecule has 5 heteroatoms. The molecule has 1 N–H and O–H groups in total. The van der Waals surface area contributed by atoms with E-state index in [1.807, 2.05) is 19.9 Å². The average Bonchev–Trinajstić information content (AvgIpc) is 2.24. The first kappa shape index (κ1) is 14.5. The summed E-state index contributed by atoms with van der Waals surface area (Å²) in [4.78, 5) is 12.0. The van der Waals surface area contributed by atoms with E-state index in [-0.39, 0.29) is 5.91 Å². The van der Waals surface area contributed by atoms with Gasteiger partial charge in [0.05, 0.1) is 17.1 Å². The number of amides is 1. The predicted octanol–water partition coefficient (Wildman–Crippen LogP) is 3.61. The maximum Gasteiger partial charge on any atom is 0.255 e. The molecule has 0 fully saturated rings. The summed E-state index contributed by atoms with van der Waals surface area (Å²) in [7, 11) is 1.55. The Bertz CT molecular complexity index is 419. The van der Waals surface area contributed by atoms with E-state index in [4.69, 9.17) is 4.74 Å². The lowest BCUT2D eigenvalue weighted by Crippen LogP contribution is -2.27. The molecular formula is C12H15Br2NO2. The normalized spacial score (nSPS) is 10.5. The molecule has 0 saturated carbocycles. The first-order valence-corrected chi connectivity index (χ1v) is 6.85. The SMILES string of the molecule is COc1c(Br)cc(Br)cc1C(=O)NCC(C)C. The van der Waals surface area contributed by atoms with Crippen LogP contribution >= 0.6 is 31.9 Å². The Kier molecular flexibility index (Phi) is 5.46. The van der Waals surface area contributed by atoms with Gasteiger partial charge in [0.25, 0.3) is 5.91 Å². The number of carbonyl (C=O) groups excluding carboxylic acids is 1. The lowest BCUT2D eigenvalue weighted by atomic mass is 10.1. The smallest absolute Gasteiger partial charge is 0.255 e. The van der Waals surface area contributed by atoms with Gasteiger partial charge in [-0.05, 0) is 34.0 Å². The summed E-state index contributed by atoms with van der Waals surface area (Å²) in [6, 6.07) is 3.59. The van der Waals surface area contributed by atoms with E-state index in [0.29, 0.717) is 23.8 Å². The first-order valence-electron chi connectivity index (χ1n) is 5.27. The lowest BCUT2D eigenvalue weighted by molar-refractivity contribution is 0.0946. The van der Waals surface area contributed by atoms with Gasteiger partial charge in [-0.25, -0.2) is 0 Å². The summed E-state index contributed by atoms with van der Waals surface area (Å²) in [5.74, 6) is 0.840. The number of nitrogens with one attached hydrogen (secondary N) is 1. The molecule has 1 amide bonds. The Balaban J connectivity index is 2.99. The molecule has 0 saturated heterocycles. The second kappa shape index (κ2) is 6.40. The Labute approximate surface area is 118 Å². The maximum absolute atomic E-state index is 12.0. The third kappa shape index (κ3) is 4.00. The number of hydrogen-bond acceptors (Lipinski definition) is 2. The van der Waals surface area contributed by atoms with Gasteiger partial charge < -0.3 is 10.1 Å². The third-order valence-corrected chi connectivity index (χ3v) is 3.17. The highest BCUT2D eigenvalue weighted by molar-refractivity contribution is 9.11. The fourth-order valence-corrected chi connectivity index (χ4v) is 2.72. The minimum absolute atomic E-state index is 0.127. The first-order chi connectivity index (χ1) is 7.95. The van der Waals surface area contributed by atoms with E-state index in [1.54, 1.807) is 13.2 Å². The average molecular weight is 365 g/mol. The second-order valence-electron chi connectivity index (χ2n) is 4.07. The van der Waals surface area contributed by atoms with Crippen molar-refractivity contribution in [2.24, 2.45) is 5.92 Å². The molecule has 0 unspecified atom stereocenters. The number of rotatable bonds is 4. The van der Waals surface area contributed by atoms with E-state index in [2.05, 4.69) is 37.2 Å². The Morgan fingerprint density at radius 3 is 2.59 bits per heavy atom. The number of halogens is 2. The van der Waals surface area contributed by atoms with Crippen LogP contribution in [-0.2, 0) is 0 Å². The van der Waals surface area contributed by atoms with Crippen molar-refractivity contribution in [1.29, 1.82) is 0 Å². The van der Waals surface area contributed by atoms with Crippen LogP contribution in [0.25, 0.3) is 0 Å². The van der Waals surface area contributed by atoms with Gasteiger partial charge in [-0.3, -0.25) is 4.79 Å². The molecule has 0 atom stereocenters. The lowest BCUT2D eigenvalue weighted by Gasteiger charge is -2.12. The van der Waals surface area contributed by atoms with Crippen LogP contribution in [0.4, 0.5) is 0 Å². The molecule has 0 spiro atoms. The van der Waals surface area contributed by atoms with Crippen LogP contribution < -0.4 is 10.1 Å². The fourth-order valence-electron chi connectivity index (χ4n) is 1.33. The Morgan fingerprint density at radius 2 is 2.06 bits per heavy atom. The van der Waals surface area contributed by atoms with E-state index < -0.39 is 0 Å². The molecule has 0 aliphatic rings. The Hall–Kier alpha value is -0.550. The van der Waals surface area contributed by atoms with Crippen LogP contribution in [0, 0.1) is 5.92 Å². The second-order valence-corrected chi connectivity index (χ2v) is 5.84. The van der Waals surface area contributed by atoms with Crippen molar-refractivity contribution in [1.82, 2.24) is 5.32 Å². The van der Waals surface area contributed by atoms with Crippen molar-refractivity contribution in [3.05, 3.63) is 26.6 Å². The highest BCUT2D eigenvalue weighted by Gasteiger charge is 2.16. The predicted molar refractivity (Wildman–Crippen MR) is 75.6 cm³/mol. The molecule has 94 valence electrons. The number of carbonyl (C=O) groups is 1. The van der Waals surface area contributed by atoms with E-state index >= 15 is 0 Å². The summed E-state index contributed by atoms with van der Waals surface area (Å²) >= 11 is 6.73. The quantitative estimate of drug-likeness (QED) is 0.886. The van der Waals surface area contributed by atoms with Crippen LogP contribution in [0.5, 0.6) is 5.75 Å². The van der Waals surface area contributed by atoms with Crippen LogP contribution in [0.3, 0.4) is 0 Å². The number of ether oxygens (including phenoxy) is 1. The highest BCUT2D eigenvalue weighted by atomic mass is 79.9. The van der Waals surface area contributed by atoms with E-state index in [0.717, 1.165) is 8.95 Å². The molecule has 3 nitrogen and oxygen atoms in total. The van der Waals surface area contributed by atoms with Crippen LogP contribution in [0.2, 0.25) is 0 Å². The van der Waals surface area contributed by atoms with Gasteiger partial charge in [-0.1, -0.05) is 29.8 Å². The summed E-state index contributed by atoms with van der Waals surface area (Å²) < 4.78 is 6.82. The minimum atomic E-state index is -0.127. The summed E-state index contributed by atoms with van der Waals surface area (Å²) in [6.45, 7) is 4.74. The minimum Gasteiger partial charge on any atom is -0.495 e. The van der Waals surface area contributed by atoms with Gasteiger partial charge in [0.15, 0.2) is 0 Å². The molecule has 0 aliphatic heterocycles. The highest BCUT2D eigenvalue weighted by Crippen LogP contribution is 2.32. The van der Waals surface area contributed by atoms with Crippen molar-refractivity contribution < 1.29 is 9.53 Å². The largest absolute Gasteiger partial charge is 0.495 e. The molecule has 1 rings (SSSR count).